The van der Waals surface area contributed by atoms with E-state index in [1.807, 2.05) is 38.3 Å². The molecule has 28 heavy (non-hydrogen) atoms. The van der Waals surface area contributed by atoms with E-state index in [-0.39, 0.29) is 12.4 Å². The predicted molar refractivity (Wildman–Crippen MR) is 108 cm³/mol. The van der Waals surface area contributed by atoms with Gasteiger partial charge in [0, 0.05) is 10.9 Å². The number of aryl methyl sites for hydroxylation is 3. The largest absolute Gasteiger partial charge is 0.487 e. The SMILES string of the molecule is Cc1nc(COc2ccc(C(=O)OCC(=O)c3ccc(C)c(C)c3)cc2)cs1. The molecular formula is C22H21NO4S. The third-order valence-corrected chi connectivity index (χ3v) is 5.13. The van der Waals surface area contributed by atoms with Crippen molar-refractivity contribution in [3.8, 4) is 5.75 Å². The van der Waals surface area contributed by atoms with Crippen LogP contribution in [0.25, 0.3) is 0 Å². The van der Waals surface area contributed by atoms with Crippen molar-refractivity contribution < 1.29 is 19.1 Å². The maximum absolute atomic E-state index is 12.2. The van der Waals surface area contributed by atoms with Gasteiger partial charge in [0.05, 0.1) is 16.3 Å². The molecule has 0 bridgehead atoms. The Labute approximate surface area is 168 Å². The molecule has 0 aliphatic heterocycles. The minimum Gasteiger partial charge on any atom is -0.487 e. The Balaban J connectivity index is 1.52. The van der Waals surface area contributed by atoms with E-state index in [0.717, 1.165) is 21.8 Å². The molecule has 3 rings (SSSR count). The molecule has 0 saturated carbocycles. The predicted octanol–water partition coefficient (Wildman–Crippen LogP) is 4.69. The molecule has 1 heterocycles. The van der Waals surface area contributed by atoms with E-state index >= 15 is 0 Å². The maximum Gasteiger partial charge on any atom is 0.338 e. The second-order valence-electron chi connectivity index (χ2n) is 6.47. The number of nitrogens with zero attached hydrogens (tertiary/aromatic N) is 1. The lowest BCUT2D eigenvalue weighted by atomic mass is 10.0. The first kappa shape index (κ1) is 19.8. The summed E-state index contributed by atoms with van der Waals surface area (Å²) in [6, 6.07) is 12.1. The molecule has 0 aliphatic rings. The zero-order valence-electron chi connectivity index (χ0n) is 16.0. The number of ether oxygens (including phenoxy) is 2. The number of aromatic nitrogens is 1. The Morgan fingerprint density at radius 1 is 0.964 bits per heavy atom. The molecule has 0 atom stereocenters. The third kappa shape index (κ3) is 5.04. The van der Waals surface area contributed by atoms with Crippen LogP contribution in [0.1, 0.15) is 42.5 Å². The van der Waals surface area contributed by atoms with Gasteiger partial charge in [0.25, 0.3) is 0 Å². The summed E-state index contributed by atoms with van der Waals surface area (Å²) >= 11 is 1.57. The first-order valence-corrected chi connectivity index (χ1v) is 9.72. The van der Waals surface area contributed by atoms with Gasteiger partial charge in [-0.25, -0.2) is 9.78 Å². The molecule has 5 nitrogen and oxygen atoms in total. The van der Waals surface area contributed by atoms with Gasteiger partial charge in [0.2, 0.25) is 0 Å². The van der Waals surface area contributed by atoms with Gasteiger partial charge < -0.3 is 9.47 Å². The Hall–Kier alpha value is -2.99. The van der Waals surface area contributed by atoms with E-state index < -0.39 is 5.97 Å². The number of Topliss-reactive ketones (excluding diaryl/α,β-unsaturated/α-hetero) is 1. The molecule has 0 aliphatic carbocycles. The van der Waals surface area contributed by atoms with Crippen LogP contribution in [-0.4, -0.2) is 23.3 Å². The molecular weight excluding hydrogens is 374 g/mol. The second-order valence-corrected chi connectivity index (χ2v) is 7.53. The average molecular weight is 395 g/mol. The molecule has 2 aromatic carbocycles. The van der Waals surface area contributed by atoms with Crippen molar-refractivity contribution >= 4 is 23.1 Å². The molecule has 3 aromatic rings. The number of rotatable bonds is 7. The Bertz CT molecular complexity index is 992. The number of thiazole rings is 1. The standard InChI is InChI=1S/C22H21NO4S/c1-14-4-5-18(10-15(14)2)21(24)12-27-22(25)17-6-8-20(9-7-17)26-11-19-13-28-16(3)23-19/h4-10,13H,11-12H2,1-3H3. The summed E-state index contributed by atoms with van der Waals surface area (Å²) in [5, 5.41) is 2.94. The minimum absolute atomic E-state index is 0.227. The number of carbonyl (C=O) groups excluding carboxylic acids is 2. The number of benzene rings is 2. The smallest absolute Gasteiger partial charge is 0.338 e. The number of carbonyl (C=O) groups is 2. The van der Waals surface area contributed by atoms with Gasteiger partial charge in [-0.1, -0.05) is 12.1 Å². The summed E-state index contributed by atoms with van der Waals surface area (Å²) in [4.78, 5) is 28.7. The Morgan fingerprint density at radius 2 is 1.68 bits per heavy atom. The second kappa shape index (κ2) is 8.80. The van der Waals surface area contributed by atoms with Gasteiger partial charge in [-0.3, -0.25) is 4.79 Å². The van der Waals surface area contributed by atoms with Crippen molar-refractivity contribution in [2.24, 2.45) is 0 Å². The highest BCUT2D eigenvalue weighted by molar-refractivity contribution is 7.09. The quantitative estimate of drug-likeness (QED) is 0.429. The van der Waals surface area contributed by atoms with Crippen LogP contribution in [0.3, 0.4) is 0 Å². The normalized spacial score (nSPS) is 10.5. The van der Waals surface area contributed by atoms with Crippen LogP contribution in [0.2, 0.25) is 0 Å². The van der Waals surface area contributed by atoms with E-state index in [1.165, 1.54) is 0 Å². The zero-order valence-corrected chi connectivity index (χ0v) is 16.8. The van der Waals surface area contributed by atoms with Gasteiger partial charge in [-0.2, -0.15) is 0 Å². The number of ketones is 1. The Kier molecular flexibility index (Phi) is 6.21. The van der Waals surface area contributed by atoms with Crippen LogP contribution in [-0.2, 0) is 11.3 Å². The van der Waals surface area contributed by atoms with Gasteiger partial charge in [-0.05, 0) is 62.2 Å². The molecule has 0 spiro atoms. The maximum atomic E-state index is 12.2. The van der Waals surface area contributed by atoms with Crippen LogP contribution in [0.5, 0.6) is 5.75 Å². The van der Waals surface area contributed by atoms with E-state index in [1.54, 1.807) is 41.7 Å². The highest BCUT2D eigenvalue weighted by Crippen LogP contribution is 2.16. The van der Waals surface area contributed by atoms with Gasteiger partial charge >= 0.3 is 5.97 Å². The monoisotopic (exact) mass is 395 g/mol. The molecule has 1 aromatic heterocycles. The fourth-order valence-electron chi connectivity index (χ4n) is 2.53. The minimum atomic E-state index is -0.543. The summed E-state index contributed by atoms with van der Waals surface area (Å²) in [5.74, 6) is -0.137. The summed E-state index contributed by atoms with van der Waals surface area (Å²) in [6.07, 6.45) is 0. The van der Waals surface area contributed by atoms with Crippen LogP contribution < -0.4 is 4.74 Å². The van der Waals surface area contributed by atoms with Crippen LogP contribution in [0.15, 0.2) is 47.8 Å². The molecule has 0 amide bonds. The molecule has 0 radical (unpaired) electrons. The fraction of sp³-hybridized carbons (Fsp3) is 0.227. The number of hydrogen-bond acceptors (Lipinski definition) is 6. The van der Waals surface area contributed by atoms with Gasteiger partial charge in [0.1, 0.15) is 12.4 Å². The van der Waals surface area contributed by atoms with Crippen LogP contribution in [0, 0.1) is 20.8 Å². The van der Waals surface area contributed by atoms with Crippen molar-refractivity contribution in [2.45, 2.75) is 27.4 Å². The fourth-order valence-corrected chi connectivity index (χ4v) is 3.13. The zero-order chi connectivity index (χ0) is 20.1. The van der Waals surface area contributed by atoms with Crippen molar-refractivity contribution in [3.05, 3.63) is 80.8 Å². The van der Waals surface area contributed by atoms with E-state index in [2.05, 4.69) is 4.98 Å². The Morgan fingerprint density at radius 3 is 2.32 bits per heavy atom. The first-order valence-electron chi connectivity index (χ1n) is 8.84. The number of hydrogen-bond donors (Lipinski definition) is 0. The molecule has 0 N–H and O–H groups in total. The van der Waals surface area contributed by atoms with Gasteiger partial charge in [-0.15, -0.1) is 11.3 Å². The lowest BCUT2D eigenvalue weighted by molar-refractivity contribution is 0.0474. The summed E-state index contributed by atoms with van der Waals surface area (Å²) < 4.78 is 10.8. The molecule has 0 unspecified atom stereocenters. The van der Waals surface area contributed by atoms with E-state index in [4.69, 9.17) is 9.47 Å². The van der Waals surface area contributed by atoms with Crippen LogP contribution in [0.4, 0.5) is 0 Å². The first-order chi connectivity index (χ1) is 13.4. The van der Waals surface area contributed by atoms with E-state index in [0.29, 0.717) is 23.5 Å². The van der Waals surface area contributed by atoms with Crippen molar-refractivity contribution in [1.29, 1.82) is 0 Å². The summed E-state index contributed by atoms with van der Waals surface area (Å²) in [5.41, 5.74) is 3.92. The molecule has 0 saturated heterocycles. The van der Waals surface area contributed by atoms with Crippen molar-refractivity contribution in [2.75, 3.05) is 6.61 Å². The molecule has 6 heteroatoms. The number of esters is 1. The van der Waals surface area contributed by atoms with Crippen LogP contribution >= 0.6 is 11.3 Å². The third-order valence-electron chi connectivity index (χ3n) is 4.31. The molecule has 144 valence electrons. The topological polar surface area (TPSA) is 65.5 Å². The lowest BCUT2D eigenvalue weighted by Crippen LogP contribution is -2.14. The highest BCUT2D eigenvalue weighted by atomic mass is 32.1. The van der Waals surface area contributed by atoms with Crippen molar-refractivity contribution in [3.63, 3.8) is 0 Å². The summed E-state index contributed by atoms with van der Waals surface area (Å²) in [6.45, 7) is 5.95. The summed E-state index contributed by atoms with van der Waals surface area (Å²) in [7, 11) is 0. The highest BCUT2D eigenvalue weighted by Gasteiger charge is 2.13. The van der Waals surface area contributed by atoms with Crippen molar-refractivity contribution in [1.82, 2.24) is 4.98 Å². The molecule has 0 fully saturated rings. The average Bonchev–Trinajstić information content (AvgIpc) is 3.12. The van der Waals surface area contributed by atoms with E-state index in [9.17, 15) is 9.59 Å². The lowest BCUT2D eigenvalue weighted by Gasteiger charge is -2.08. The van der Waals surface area contributed by atoms with Gasteiger partial charge in [0.15, 0.2) is 12.4 Å².